The maximum absolute atomic E-state index is 13.0. The summed E-state index contributed by atoms with van der Waals surface area (Å²) >= 11 is 0. The molecule has 0 fully saturated rings. The summed E-state index contributed by atoms with van der Waals surface area (Å²) in [5.41, 5.74) is 4.62. The standard InChI is InChI=1S/C20H15N3O/c24-20-19-16(10-12-23(20)14-6-2-1-3-7-14)15-9-8-13-5-4-11-21-17(13)18(15)22-19/h1-9,11,22H,10,12H2. The van der Waals surface area contributed by atoms with Gasteiger partial charge in [0, 0.05) is 29.2 Å². The highest BCUT2D eigenvalue weighted by Crippen LogP contribution is 2.32. The van der Waals surface area contributed by atoms with Gasteiger partial charge in [-0.2, -0.15) is 0 Å². The first-order valence-corrected chi connectivity index (χ1v) is 8.08. The van der Waals surface area contributed by atoms with E-state index in [1.807, 2.05) is 47.4 Å². The Bertz CT molecular complexity index is 1080. The number of carbonyl (C=O) groups excluding carboxylic acids is 1. The van der Waals surface area contributed by atoms with E-state index in [0.717, 1.165) is 39.5 Å². The zero-order valence-electron chi connectivity index (χ0n) is 13.0. The molecule has 2 aromatic heterocycles. The van der Waals surface area contributed by atoms with Crippen LogP contribution in [0.1, 0.15) is 16.1 Å². The number of anilines is 1. The van der Waals surface area contributed by atoms with Crippen LogP contribution in [-0.2, 0) is 6.42 Å². The minimum absolute atomic E-state index is 0.0303. The number of para-hydroxylation sites is 1. The minimum atomic E-state index is 0.0303. The Balaban J connectivity index is 1.71. The van der Waals surface area contributed by atoms with E-state index in [0.29, 0.717) is 12.2 Å². The molecule has 5 rings (SSSR count). The number of rotatable bonds is 1. The summed E-state index contributed by atoms with van der Waals surface area (Å²) in [6.45, 7) is 0.697. The van der Waals surface area contributed by atoms with E-state index in [4.69, 9.17) is 0 Å². The molecule has 0 saturated heterocycles. The van der Waals surface area contributed by atoms with Gasteiger partial charge in [-0.25, -0.2) is 0 Å². The summed E-state index contributed by atoms with van der Waals surface area (Å²) in [5, 5.41) is 2.19. The topological polar surface area (TPSA) is 49.0 Å². The number of carbonyl (C=O) groups is 1. The molecule has 1 aliphatic heterocycles. The van der Waals surface area contributed by atoms with Gasteiger partial charge >= 0.3 is 0 Å². The van der Waals surface area contributed by atoms with E-state index < -0.39 is 0 Å². The molecule has 116 valence electrons. The van der Waals surface area contributed by atoms with Crippen molar-refractivity contribution in [3.8, 4) is 0 Å². The molecule has 4 aromatic rings. The fourth-order valence-corrected chi connectivity index (χ4v) is 3.61. The van der Waals surface area contributed by atoms with Gasteiger partial charge in [0.05, 0.1) is 11.0 Å². The first-order chi connectivity index (χ1) is 11.8. The van der Waals surface area contributed by atoms with Gasteiger partial charge in [0.15, 0.2) is 0 Å². The molecule has 0 atom stereocenters. The number of amides is 1. The molecule has 0 radical (unpaired) electrons. The third kappa shape index (κ3) is 1.80. The summed E-state index contributed by atoms with van der Waals surface area (Å²) < 4.78 is 0. The number of nitrogens with one attached hydrogen (secondary N) is 1. The molecular weight excluding hydrogens is 298 g/mol. The van der Waals surface area contributed by atoms with Crippen molar-refractivity contribution in [3.05, 3.63) is 72.1 Å². The van der Waals surface area contributed by atoms with Crippen LogP contribution in [0, 0.1) is 0 Å². The van der Waals surface area contributed by atoms with Gasteiger partial charge in [0.1, 0.15) is 5.69 Å². The number of hydrogen-bond donors (Lipinski definition) is 1. The molecule has 1 N–H and O–H groups in total. The Hall–Kier alpha value is -3.14. The fraction of sp³-hybridized carbons (Fsp3) is 0.100. The number of nitrogens with zero attached hydrogens (tertiary/aromatic N) is 2. The molecule has 2 aromatic carbocycles. The van der Waals surface area contributed by atoms with Crippen molar-refractivity contribution in [2.45, 2.75) is 6.42 Å². The third-order valence-corrected chi connectivity index (χ3v) is 4.76. The van der Waals surface area contributed by atoms with E-state index in [-0.39, 0.29) is 5.91 Å². The van der Waals surface area contributed by atoms with E-state index in [1.54, 1.807) is 6.20 Å². The van der Waals surface area contributed by atoms with Crippen molar-refractivity contribution >= 4 is 33.4 Å². The highest BCUT2D eigenvalue weighted by Gasteiger charge is 2.29. The Morgan fingerprint density at radius 1 is 1.00 bits per heavy atom. The van der Waals surface area contributed by atoms with Crippen LogP contribution < -0.4 is 4.90 Å². The maximum atomic E-state index is 13.0. The van der Waals surface area contributed by atoms with E-state index in [9.17, 15) is 4.79 Å². The van der Waals surface area contributed by atoms with Crippen LogP contribution in [0.15, 0.2) is 60.8 Å². The Morgan fingerprint density at radius 2 is 1.88 bits per heavy atom. The molecule has 0 unspecified atom stereocenters. The van der Waals surface area contributed by atoms with Gasteiger partial charge in [-0.3, -0.25) is 9.78 Å². The van der Waals surface area contributed by atoms with Crippen LogP contribution in [-0.4, -0.2) is 22.4 Å². The quantitative estimate of drug-likeness (QED) is 0.579. The van der Waals surface area contributed by atoms with Crippen LogP contribution in [0.3, 0.4) is 0 Å². The van der Waals surface area contributed by atoms with Gasteiger partial charge in [0.25, 0.3) is 5.91 Å². The molecule has 24 heavy (non-hydrogen) atoms. The molecule has 0 bridgehead atoms. The highest BCUT2D eigenvalue weighted by molar-refractivity contribution is 6.14. The van der Waals surface area contributed by atoms with Gasteiger partial charge in [-0.15, -0.1) is 0 Å². The van der Waals surface area contributed by atoms with Crippen molar-refractivity contribution < 1.29 is 4.79 Å². The van der Waals surface area contributed by atoms with E-state index >= 15 is 0 Å². The van der Waals surface area contributed by atoms with Gasteiger partial charge in [0.2, 0.25) is 0 Å². The lowest BCUT2D eigenvalue weighted by atomic mass is 10.0. The van der Waals surface area contributed by atoms with Crippen LogP contribution in [0.2, 0.25) is 0 Å². The summed E-state index contributed by atoms with van der Waals surface area (Å²) in [6, 6.07) is 18.0. The Labute approximate surface area is 138 Å². The molecule has 3 heterocycles. The summed E-state index contributed by atoms with van der Waals surface area (Å²) in [4.78, 5) is 22.7. The average molecular weight is 313 g/mol. The highest BCUT2D eigenvalue weighted by atomic mass is 16.2. The largest absolute Gasteiger partial charge is 0.348 e. The molecule has 4 nitrogen and oxygen atoms in total. The summed E-state index contributed by atoms with van der Waals surface area (Å²) in [7, 11) is 0. The van der Waals surface area contributed by atoms with Crippen LogP contribution in [0.25, 0.3) is 21.8 Å². The Morgan fingerprint density at radius 3 is 2.75 bits per heavy atom. The lowest BCUT2D eigenvalue weighted by molar-refractivity contribution is 0.0976. The molecule has 0 spiro atoms. The molecule has 1 aliphatic rings. The number of pyridine rings is 1. The number of fused-ring (bicyclic) bond motifs is 5. The lowest BCUT2D eigenvalue weighted by Gasteiger charge is -2.26. The van der Waals surface area contributed by atoms with Gasteiger partial charge in [-0.1, -0.05) is 36.4 Å². The monoisotopic (exact) mass is 313 g/mol. The van der Waals surface area contributed by atoms with E-state index in [2.05, 4.69) is 22.1 Å². The number of aromatic amines is 1. The van der Waals surface area contributed by atoms with Crippen molar-refractivity contribution in [1.29, 1.82) is 0 Å². The summed E-state index contributed by atoms with van der Waals surface area (Å²) in [6.07, 6.45) is 2.63. The smallest absolute Gasteiger partial charge is 0.275 e. The number of H-pyrrole nitrogens is 1. The second kappa shape index (κ2) is 4.93. The van der Waals surface area contributed by atoms with Gasteiger partial charge < -0.3 is 9.88 Å². The van der Waals surface area contributed by atoms with Crippen molar-refractivity contribution in [2.75, 3.05) is 11.4 Å². The number of aromatic nitrogens is 2. The minimum Gasteiger partial charge on any atom is -0.348 e. The maximum Gasteiger partial charge on any atom is 0.275 e. The zero-order valence-corrected chi connectivity index (χ0v) is 13.0. The average Bonchev–Trinajstić information content (AvgIpc) is 3.03. The molecule has 4 heteroatoms. The van der Waals surface area contributed by atoms with Crippen molar-refractivity contribution in [3.63, 3.8) is 0 Å². The lowest BCUT2D eigenvalue weighted by Crippen LogP contribution is -2.37. The van der Waals surface area contributed by atoms with E-state index in [1.165, 1.54) is 0 Å². The Kier molecular flexibility index (Phi) is 2.73. The normalized spacial score (nSPS) is 14.3. The van der Waals surface area contributed by atoms with Crippen LogP contribution in [0.5, 0.6) is 0 Å². The number of benzene rings is 2. The molecule has 0 saturated carbocycles. The van der Waals surface area contributed by atoms with Crippen LogP contribution in [0.4, 0.5) is 5.69 Å². The molecule has 1 amide bonds. The SMILES string of the molecule is O=C1c2[nH]c3c(ccc4cccnc43)c2CCN1c1ccccc1. The van der Waals surface area contributed by atoms with Gasteiger partial charge in [-0.05, 0) is 30.2 Å². The second-order valence-corrected chi connectivity index (χ2v) is 6.08. The predicted octanol–water partition coefficient (Wildman–Crippen LogP) is 3.92. The third-order valence-electron chi connectivity index (χ3n) is 4.76. The zero-order chi connectivity index (χ0) is 16.1. The number of hydrogen-bond acceptors (Lipinski definition) is 2. The summed E-state index contributed by atoms with van der Waals surface area (Å²) in [5.74, 6) is 0.0303. The van der Waals surface area contributed by atoms with Crippen LogP contribution >= 0.6 is 0 Å². The fourth-order valence-electron chi connectivity index (χ4n) is 3.61. The predicted molar refractivity (Wildman–Crippen MR) is 95.4 cm³/mol. The van der Waals surface area contributed by atoms with Crippen molar-refractivity contribution in [2.24, 2.45) is 0 Å². The first-order valence-electron chi connectivity index (χ1n) is 8.08. The first kappa shape index (κ1) is 13.3. The second-order valence-electron chi connectivity index (χ2n) is 6.08. The van der Waals surface area contributed by atoms with Crippen molar-refractivity contribution in [1.82, 2.24) is 9.97 Å². The molecular formula is C20H15N3O. The molecule has 0 aliphatic carbocycles.